The summed E-state index contributed by atoms with van der Waals surface area (Å²) in [5.41, 5.74) is 27.2. The predicted molar refractivity (Wildman–Crippen MR) is 414 cm³/mol. The molecule has 9 heterocycles. The summed E-state index contributed by atoms with van der Waals surface area (Å²) in [4.78, 5) is 110. The molecule has 9 aromatic rings. The van der Waals surface area contributed by atoms with E-state index < -0.39 is 35.4 Å². The second-order valence-electron chi connectivity index (χ2n) is 28.3. The van der Waals surface area contributed by atoms with Crippen LogP contribution in [0.4, 0.5) is 28.8 Å². The molecule has 10 N–H and O–H groups in total. The van der Waals surface area contributed by atoms with Gasteiger partial charge in [-0.25, -0.2) is 34.7 Å². The minimum Gasteiger partial charge on any atom is -0.475 e. The molecule has 3 saturated heterocycles. The van der Waals surface area contributed by atoms with Crippen LogP contribution in [0.1, 0.15) is 131 Å². The summed E-state index contributed by atoms with van der Waals surface area (Å²) in [6.45, 7) is 17.1. The highest BCUT2D eigenvalue weighted by Gasteiger charge is 2.37. The van der Waals surface area contributed by atoms with Crippen LogP contribution in [0.25, 0.3) is 30.6 Å². The van der Waals surface area contributed by atoms with Crippen LogP contribution < -0.4 is 33.2 Å². The van der Waals surface area contributed by atoms with Crippen molar-refractivity contribution in [2.75, 3.05) is 109 Å². The van der Waals surface area contributed by atoms with Gasteiger partial charge in [-0.15, -0.1) is 34.0 Å². The molecular weight excluding hydrogens is 1360 g/mol. The van der Waals surface area contributed by atoms with Gasteiger partial charge in [0.25, 0.3) is 0 Å². The average molecular weight is 1460 g/mol. The lowest BCUT2D eigenvalue weighted by molar-refractivity contribution is -0.148. The lowest BCUT2D eigenvalue weighted by Gasteiger charge is -2.38. The highest BCUT2D eigenvalue weighted by Crippen LogP contribution is 2.38. The quantitative estimate of drug-likeness (QED) is 0.0417. The first-order valence-corrected chi connectivity index (χ1v) is 37.5. The monoisotopic (exact) mass is 1460 g/mol. The summed E-state index contributed by atoms with van der Waals surface area (Å²) in [6.07, 6.45) is 13.2. The number of nitrogens with one attached hydrogen (secondary N) is 3. The van der Waals surface area contributed by atoms with E-state index in [0.717, 1.165) is 135 Å². The highest BCUT2D eigenvalue weighted by atomic mass is 32.1. The summed E-state index contributed by atoms with van der Waals surface area (Å²) in [5.74, 6) is -2.02. The molecule has 0 radical (unpaired) electrons. The predicted octanol–water partition coefficient (Wildman–Crippen LogP) is 10.9. The molecule has 548 valence electrons. The lowest BCUT2D eigenvalue weighted by atomic mass is 9.89. The number of benzene rings is 3. The molecule has 0 aliphatic carbocycles. The molecule has 24 nitrogen and oxygen atoms in total. The van der Waals surface area contributed by atoms with Crippen LogP contribution in [-0.4, -0.2) is 176 Å². The fraction of sp³-hybridized carbons (Fsp3) is 0.447. The maximum atomic E-state index is 13.3. The molecule has 0 bridgehead atoms. The molecule has 3 fully saturated rings. The van der Waals surface area contributed by atoms with Gasteiger partial charge in [0.05, 0.1) is 81.5 Å². The number of amides is 4. The molecule has 3 aromatic carbocycles. The van der Waals surface area contributed by atoms with Crippen LogP contribution in [0.15, 0.2) is 91.4 Å². The summed E-state index contributed by atoms with van der Waals surface area (Å²) >= 11 is 5.26. The molecule has 27 heteroatoms. The summed E-state index contributed by atoms with van der Waals surface area (Å²) < 4.78 is 3.60. The van der Waals surface area contributed by atoms with Crippen molar-refractivity contribution in [2.45, 2.75) is 124 Å². The van der Waals surface area contributed by atoms with Crippen LogP contribution in [-0.2, 0) is 54.5 Å². The van der Waals surface area contributed by atoms with E-state index in [1.807, 2.05) is 25.2 Å². The Hall–Kier alpha value is -8.96. The number of carboxylic acid groups (broad SMARTS) is 1. The van der Waals surface area contributed by atoms with Gasteiger partial charge in [-0.05, 0) is 213 Å². The number of ketones is 1. The Balaban J connectivity index is 0.000000168. The number of thiazole rings is 3. The first kappa shape index (κ1) is 78.2. The molecule has 3 aliphatic heterocycles. The van der Waals surface area contributed by atoms with E-state index in [-0.39, 0.29) is 18.5 Å². The fourth-order valence-corrected chi connectivity index (χ4v) is 15.4. The SMILES string of the molecule is C[C@@H]1CC[C@@H](c2ccc3sc(CCN(C)C)nc3c2)NC1.Cc1cc(CC(=O)C(=O)O)cnc1N.Cc1cc(NC(=O)C(=O)N2C[C@@H](C)CC[C@@H]2c2ccc3sc(CCN(C)C)nc3c2)cnc1N.Cc1cc(NC(=O)C(=O)N2C[C@H](C)CC[C@H]2c2ccc3sc(CCN(C)C)nc3c2)cnc1N. The van der Waals surface area contributed by atoms with Crippen LogP contribution >= 0.6 is 34.0 Å². The van der Waals surface area contributed by atoms with Crippen molar-refractivity contribution in [3.8, 4) is 0 Å². The molecule has 0 unspecified atom stereocenters. The number of nitrogens with zero attached hydrogens (tertiary/aromatic N) is 11. The van der Waals surface area contributed by atoms with Gasteiger partial charge in [0.15, 0.2) is 0 Å². The largest absolute Gasteiger partial charge is 0.475 e. The third-order valence-corrected chi connectivity index (χ3v) is 21.9. The van der Waals surface area contributed by atoms with E-state index >= 15 is 0 Å². The number of aromatic nitrogens is 6. The Morgan fingerprint density at radius 2 is 0.893 bits per heavy atom. The van der Waals surface area contributed by atoms with Crippen molar-refractivity contribution < 1.29 is 33.9 Å². The van der Waals surface area contributed by atoms with E-state index in [0.29, 0.717) is 65.4 Å². The number of likely N-dealkylation sites (tertiary alicyclic amines) is 2. The van der Waals surface area contributed by atoms with Crippen LogP contribution in [0.2, 0.25) is 0 Å². The smallest absolute Gasteiger partial charge is 0.372 e. The van der Waals surface area contributed by atoms with Gasteiger partial charge in [0, 0.05) is 70.6 Å². The number of carbonyl (C=O) groups excluding carboxylic acids is 5. The maximum Gasteiger partial charge on any atom is 0.372 e. The molecule has 6 atom stereocenters. The number of nitrogen functional groups attached to an aromatic ring is 3. The number of carboxylic acids is 1. The number of hydrogen-bond acceptors (Lipinski definition) is 22. The fourth-order valence-electron chi connectivity index (χ4n) is 12.6. The Bertz CT molecular complexity index is 4280. The second-order valence-corrected chi connectivity index (χ2v) is 31.7. The third-order valence-electron chi connectivity index (χ3n) is 18.6. The Kier molecular flexibility index (Phi) is 27.3. The van der Waals surface area contributed by atoms with Gasteiger partial charge in [0.1, 0.15) is 17.5 Å². The Morgan fingerprint density at radius 3 is 1.26 bits per heavy atom. The number of piperidine rings is 3. The summed E-state index contributed by atoms with van der Waals surface area (Å²) in [5, 5.41) is 20.9. The molecule has 4 amide bonds. The maximum absolute atomic E-state index is 13.3. The number of rotatable bonds is 17. The van der Waals surface area contributed by atoms with Crippen molar-refractivity contribution >= 4 is 129 Å². The van der Waals surface area contributed by atoms with Crippen molar-refractivity contribution in [3.05, 3.63) is 145 Å². The number of carbonyl (C=O) groups is 6. The van der Waals surface area contributed by atoms with Gasteiger partial charge in [0.2, 0.25) is 5.78 Å². The number of fused-ring (bicyclic) bond motifs is 3. The number of Topliss-reactive ketones (excluding diaryl/α,β-unsaturated/α-hetero) is 1. The van der Waals surface area contributed by atoms with E-state index in [2.05, 4.69) is 163 Å². The third kappa shape index (κ3) is 21.8. The number of nitrogens with two attached hydrogens (primary N) is 3. The molecule has 12 rings (SSSR count). The van der Waals surface area contributed by atoms with Gasteiger partial charge < -0.3 is 62.8 Å². The number of pyridine rings is 3. The number of aliphatic carboxylic acids is 1. The zero-order valence-corrected chi connectivity index (χ0v) is 63.7. The molecule has 3 aliphatic rings. The standard InChI is InChI=1S/2C25H32N6O2S.C17H25N3S.C9H10N2O3/c2*1-15-5-7-20(17-6-8-21-19(12-17)29-22(34-21)9-10-30(3)4)31(14-15)25(33)24(32)28-18-11-16(2)23(26)27-13-18;1-12-4-6-14(18-11-12)13-5-7-16-15(10-13)19-17(21-16)8-9-20(2)3;1-5-2-6(4-11-8(5)10)3-7(12)9(13)14/h2*6,8,11-13,15,20H,5,7,9-10,14H2,1-4H3,(H2,26,27)(H,28,32);5,7,10,12,14,18H,4,6,8-9,11H2,1-3H3;2,4H,3H2,1H3,(H2,10,11)(H,13,14)/t2*15-,20+;12-,14+;/m101./s1. The highest BCUT2D eigenvalue weighted by molar-refractivity contribution is 7.19. The van der Waals surface area contributed by atoms with E-state index in [1.165, 1.54) is 52.2 Å². The van der Waals surface area contributed by atoms with Gasteiger partial charge in [-0.1, -0.05) is 45.0 Å². The van der Waals surface area contributed by atoms with E-state index in [4.69, 9.17) is 37.3 Å². The molecule has 0 saturated carbocycles. The van der Waals surface area contributed by atoms with Gasteiger partial charge >= 0.3 is 29.6 Å². The zero-order valence-electron chi connectivity index (χ0n) is 61.2. The van der Waals surface area contributed by atoms with Crippen molar-refractivity contribution in [3.63, 3.8) is 0 Å². The van der Waals surface area contributed by atoms with Gasteiger partial charge in [-0.2, -0.15) is 0 Å². The summed E-state index contributed by atoms with van der Waals surface area (Å²) in [7, 11) is 12.5. The molecule has 103 heavy (non-hydrogen) atoms. The topological polar surface area (TPSA) is 330 Å². The van der Waals surface area contributed by atoms with E-state index in [9.17, 15) is 28.8 Å². The first-order valence-electron chi connectivity index (χ1n) is 35.0. The lowest BCUT2D eigenvalue weighted by Crippen LogP contribution is -2.46. The first-order chi connectivity index (χ1) is 49.0. The second kappa shape index (κ2) is 36.0. The molecular formula is C76H99N17O7S3. The van der Waals surface area contributed by atoms with Crippen LogP contribution in [0, 0.1) is 38.5 Å². The Labute approximate surface area is 615 Å². The van der Waals surface area contributed by atoms with Crippen LogP contribution in [0.3, 0.4) is 0 Å². The minimum absolute atomic E-state index is 0.149. The number of hydrogen-bond donors (Lipinski definition) is 7. The summed E-state index contributed by atoms with van der Waals surface area (Å²) in [6, 6.07) is 24.6. The normalized spacial score (nSPS) is 18.2. The van der Waals surface area contributed by atoms with Crippen molar-refractivity contribution in [1.29, 1.82) is 0 Å². The number of aryl methyl sites for hydroxylation is 3. The average Bonchev–Trinajstić information content (AvgIpc) is 1.77. The van der Waals surface area contributed by atoms with Crippen molar-refractivity contribution in [1.82, 2.24) is 59.7 Å². The zero-order chi connectivity index (χ0) is 74.3. The number of anilines is 5. The Morgan fingerprint density at radius 1 is 0.515 bits per heavy atom. The molecule has 6 aromatic heterocycles. The molecule has 0 spiro atoms. The minimum atomic E-state index is -1.43. The van der Waals surface area contributed by atoms with Gasteiger partial charge in [-0.3, -0.25) is 24.0 Å². The van der Waals surface area contributed by atoms with Crippen molar-refractivity contribution in [2.24, 2.45) is 17.8 Å². The van der Waals surface area contributed by atoms with E-state index in [1.54, 1.807) is 57.6 Å². The number of likely N-dealkylation sites (N-methyl/N-ethyl adjacent to an activating group) is 3. The van der Waals surface area contributed by atoms with Crippen LogP contribution in [0.5, 0.6) is 0 Å².